The predicted octanol–water partition coefficient (Wildman–Crippen LogP) is 1.14. The zero-order chi connectivity index (χ0) is 18.0. The lowest BCUT2D eigenvalue weighted by atomic mass is 10.0. The third-order valence-electron chi connectivity index (χ3n) is 4.87. The molecule has 8 heteroatoms. The molecule has 7 nitrogen and oxygen atoms in total. The molecule has 2 heterocycles. The van der Waals surface area contributed by atoms with Gasteiger partial charge in [0, 0.05) is 40.0 Å². The molecule has 0 spiro atoms. The van der Waals surface area contributed by atoms with Gasteiger partial charge in [0.2, 0.25) is 10.0 Å². The highest BCUT2D eigenvalue weighted by Gasteiger charge is 2.43. The first kappa shape index (κ1) is 18.6. The molecule has 3 atom stereocenters. The molecule has 1 aromatic rings. The van der Waals surface area contributed by atoms with E-state index in [2.05, 4.69) is 4.72 Å². The molecule has 2 fully saturated rings. The van der Waals surface area contributed by atoms with Crippen LogP contribution >= 0.6 is 0 Å². The van der Waals surface area contributed by atoms with Crippen molar-refractivity contribution < 1.29 is 18.0 Å². The van der Waals surface area contributed by atoms with Gasteiger partial charge in [0.05, 0.1) is 18.8 Å². The maximum atomic E-state index is 12.8. The van der Waals surface area contributed by atoms with Crippen LogP contribution in [0.25, 0.3) is 0 Å². The Labute approximate surface area is 149 Å². The standard InChI is InChI=1S/C17H27N3O4S/c1-19(2)14-8-6-13(7-9-14)17-16(12-24-20(17)3)25(21,22)18-11-15-5-4-10-23-15/h6-9,15-18H,4-5,10-12H2,1-3H3. The average molecular weight is 369 g/mol. The van der Waals surface area contributed by atoms with Gasteiger partial charge in [-0.2, -0.15) is 5.06 Å². The van der Waals surface area contributed by atoms with Crippen LogP contribution in [-0.4, -0.2) is 65.7 Å². The maximum absolute atomic E-state index is 12.8. The van der Waals surface area contributed by atoms with Gasteiger partial charge in [-0.05, 0) is 30.5 Å². The highest BCUT2D eigenvalue weighted by Crippen LogP contribution is 2.34. The van der Waals surface area contributed by atoms with Crippen molar-refractivity contribution >= 4 is 15.7 Å². The normalized spacial score (nSPS) is 27.7. The topological polar surface area (TPSA) is 71.1 Å². The van der Waals surface area contributed by atoms with Crippen LogP contribution in [0.4, 0.5) is 5.69 Å². The van der Waals surface area contributed by atoms with E-state index in [4.69, 9.17) is 9.57 Å². The molecule has 2 saturated heterocycles. The SMILES string of the molecule is CN(C)c1ccc(C2C(S(=O)(=O)NCC3CCCO3)CON2C)cc1. The van der Waals surface area contributed by atoms with Crippen molar-refractivity contribution in [2.75, 3.05) is 45.8 Å². The quantitative estimate of drug-likeness (QED) is 0.811. The molecule has 0 aliphatic carbocycles. The van der Waals surface area contributed by atoms with Crippen molar-refractivity contribution in [1.82, 2.24) is 9.79 Å². The summed E-state index contributed by atoms with van der Waals surface area (Å²) in [5, 5.41) is 0.991. The lowest BCUT2D eigenvalue weighted by molar-refractivity contribution is -0.110. The van der Waals surface area contributed by atoms with Gasteiger partial charge in [-0.25, -0.2) is 13.1 Å². The Hall–Kier alpha value is -1.19. The summed E-state index contributed by atoms with van der Waals surface area (Å²) in [4.78, 5) is 7.55. The van der Waals surface area contributed by atoms with E-state index in [1.165, 1.54) is 0 Å². The van der Waals surface area contributed by atoms with Crippen LogP contribution in [0.1, 0.15) is 24.4 Å². The lowest BCUT2D eigenvalue weighted by Crippen LogP contribution is -2.42. The third-order valence-corrected chi connectivity index (χ3v) is 6.63. The molecule has 0 radical (unpaired) electrons. The zero-order valence-corrected chi connectivity index (χ0v) is 15.8. The third kappa shape index (κ3) is 4.15. The Balaban J connectivity index is 1.74. The van der Waals surface area contributed by atoms with Crippen LogP contribution in [0.2, 0.25) is 0 Å². The molecule has 0 bridgehead atoms. The maximum Gasteiger partial charge on any atom is 0.218 e. The van der Waals surface area contributed by atoms with Gasteiger partial charge >= 0.3 is 0 Å². The fourth-order valence-electron chi connectivity index (χ4n) is 3.37. The van der Waals surface area contributed by atoms with Crippen molar-refractivity contribution in [1.29, 1.82) is 0 Å². The molecule has 25 heavy (non-hydrogen) atoms. The number of hydrogen-bond donors (Lipinski definition) is 1. The highest BCUT2D eigenvalue weighted by atomic mass is 32.2. The Morgan fingerprint density at radius 1 is 1.28 bits per heavy atom. The van der Waals surface area contributed by atoms with E-state index >= 15 is 0 Å². The molecule has 1 aromatic carbocycles. The molecule has 0 aromatic heterocycles. The van der Waals surface area contributed by atoms with E-state index in [9.17, 15) is 8.42 Å². The van der Waals surface area contributed by atoms with Crippen LogP contribution in [0, 0.1) is 0 Å². The second kappa shape index (κ2) is 7.59. The second-order valence-corrected chi connectivity index (χ2v) is 8.82. The summed E-state index contributed by atoms with van der Waals surface area (Å²) >= 11 is 0. The predicted molar refractivity (Wildman–Crippen MR) is 96.9 cm³/mol. The molecule has 0 amide bonds. The molecule has 0 saturated carbocycles. The van der Waals surface area contributed by atoms with Crippen LogP contribution in [0.15, 0.2) is 24.3 Å². The van der Waals surface area contributed by atoms with E-state index in [0.29, 0.717) is 13.2 Å². The number of benzene rings is 1. The van der Waals surface area contributed by atoms with Crippen molar-refractivity contribution in [3.8, 4) is 0 Å². The number of hydrogen-bond acceptors (Lipinski definition) is 6. The second-order valence-electron chi connectivity index (χ2n) is 6.84. The summed E-state index contributed by atoms with van der Waals surface area (Å²) in [6.45, 7) is 1.19. The van der Waals surface area contributed by atoms with Gasteiger partial charge in [0.1, 0.15) is 5.25 Å². The van der Waals surface area contributed by atoms with E-state index < -0.39 is 15.3 Å². The van der Waals surface area contributed by atoms with E-state index in [-0.39, 0.29) is 18.8 Å². The number of ether oxygens (including phenoxy) is 1. The fourth-order valence-corrected chi connectivity index (χ4v) is 4.91. The fraction of sp³-hybridized carbons (Fsp3) is 0.647. The largest absolute Gasteiger partial charge is 0.378 e. The number of hydroxylamine groups is 2. The number of sulfonamides is 1. The Bertz CT molecular complexity index is 672. The van der Waals surface area contributed by atoms with Crippen LogP contribution < -0.4 is 9.62 Å². The zero-order valence-electron chi connectivity index (χ0n) is 15.0. The molecule has 3 unspecified atom stereocenters. The van der Waals surface area contributed by atoms with Crippen LogP contribution in [-0.2, 0) is 19.6 Å². The summed E-state index contributed by atoms with van der Waals surface area (Å²) in [7, 11) is 2.22. The van der Waals surface area contributed by atoms with E-state index in [1.54, 1.807) is 12.1 Å². The lowest BCUT2D eigenvalue weighted by Gasteiger charge is -2.24. The summed E-state index contributed by atoms with van der Waals surface area (Å²) in [6.07, 6.45) is 1.87. The van der Waals surface area contributed by atoms with Crippen molar-refractivity contribution in [2.24, 2.45) is 0 Å². The Morgan fingerprint density at radius 2 is 2.00 bits per heavy atom. The summed E-state index contributed by atoms with van der Waals surface area (Å²) in [5.74, 6) is 0. The summed E-state index contributed by atoms with van der Waals surface area (Å²) in [6, 6.07) is 7.58. The first-order valence-electron chi connectivity index (χ1n) is 8.61. The minimum absolute atomic E-state index is 0.0207. The monoisotopic (exact) mass is 369 g/mol. The molecule has 2 aliphatic rings. The van der Waals surface area contributed by atoms with Gasteiger partial charge in [-0.1, -0.05) is 12.1 Å². The van der Waals surface area contributed by atoms with Gasteiger partial charge in [-0.3, -0.25) is 4.84 Å². The molecule has 140 valence electrons. The van der Waals surface area contributed by atoms with Gasteiger partial charge in [0.25, 0.3) is 0 Å². The first-order chi connectivity index (χ1) is 11.9. The highest BCUT2D eigenvalue weighted by molar-refractivity contribution is 7.90. The Morgan fingerprint density at radius 3 is 2.60 bits per heavy atom. The summed E-state index contributed by atoms with van der Waals surface area (Å²) < 4.78 is 33.9. The van der Waals surface area contributed by atoms with Gasteiger partial charge < -0.3 is 9.64 Å². The molecule has 2 aliphatic heterocycles. The number of nitrogens with one attached hydrogen (secondary N) is 1. The van der Waals surface area contributed by atoms with Crippen LogP contribution in [0.5, 0.6) is 0 Å². The summed E-state index contributed by atoms with van der Waals surface area (Å²) in [5.41, 5.74) is 2.00. The smallest absolute Gasteiger partial charge is 0.218 e. The minimum Gasteiger partial charge on any atom is -0.378 e. The van der Waals surface area contributed by atoms with E-state index in [1.807, 2.05) is 43.3 Å². The van der Waals surface area contributed by atoms with Gasteiger partial charge in [-0.15, -0.1) is 0 Å². The number of nitrogens with zero attached hydrogens (tertiary/aromatic N) is 2. The van der Waals surface area contributed by atoms with Crippen molar-refractivity contribution in [3.63, 3.8) is 0 Å². The molecule has 1 N–H and O–H groups in total. The number of anilines is 1. The average Bonchev–Trinajstić information content (AvgIpc) is 3.23. The minimum atomic E-state index is -3.51. The number of rotatable bonds is 6. The van der Waals surface area contributed by atoms with Gasteiger partial charge in [0.15, 0.2) is 0 Å². The van der Waals surface area contributed by atoms with Crippen LogP contribution in [0.3, 0.4) is 0 Å². The van der Waals surface area contributed by atoms with E-state index in [0.717, 1.165) is 24.1 Å². The Kier molecular flexibility index (Phi) is 5.65. The molecule has 3 rings (SSSR count). The van der Waals surface area contributed by atoms with Crippen molar-refractivity contribution in [2.45, 2.75) is 30.2 Å². The van der Waals surface area contributed by atoms with Crippen molar-refractivity contribution in [3.05, 3.63) is 29.8 Å². The first-order valence-corrected chi connectivity index (χ1v) is 10.2. The molecular weight excluding hydrogens is 342 g/mol. The molecular formula is C17H27N3O4S.